The van der Waals surface area contributed by atoms with Gasteiger partial charge in [-0.3, -0.25) is 0 Å². The lowest BCUT2D eigenvalue weighted by Gasteiger charge is -2.19. The van der Waals surface area contributed by atoms with Gasteiger partial charge in [0, 0.05) is 13.1 Å². The Balaban J connectivity index is 1.44. The van der Waals surface area contributed by atoms with E-state index >= 15 is 0 Å². The molecular formula is C15H20N2O5S. The Morgan fingerprint density at radius 1 is 1.17 bits per heavy atom. The Morgan fingerprint density at radius 2 is 1.96 bits per heavy atom. The zero-order valence-corrected chi connectivity index (χ0v) is 13.5. The highest BCUT2D eigenvalue weighted by molar-refractivity contribution is 7.91. The van der Waals surface area contributed by atoms with Gasteiger partial charge in [-0.2, -0.15) is 0 Å². The maximum atomic E-state index is 11.8. The predicted octanol–water partition coefficient (Wildman–Crippen LogP) is 0.692. The average Bonchev–Trinajstić information content (AvgIpc) is 2.90. The molecule has 126 valence electrons. The molecule has 1 aromatic rings. The van der Waals surface area contributed by atoms with Crippen LogP contribution in [0.3, 0.4) is 0 Å². The molecule has 1 saturated heterocycles. The smallest absolute Gasteiger partial charge is 0.315 e. The topological polar surface area (TPSA) is 93.7 Å². The Hall–Kier alpha value is -1.96. The number of hydrogen-bond acceptors (Lipinski definition) is 5. The van der Waals surface area contributed by atoms with Crippen molar-refractivity contribution in [2.45, 2.75) is 13.0 Å². The molecule has 0 aliphatic carbocycles. The first kappa shape index (κ1) is 15.9. The second kappa shape index (κ2) is 6.66. The SMILES string of the molecule is O=C(NCc1ccc2c(c1)OCCO2)NC[C@@H]1CCS(=O)(=O)C1. The number of urea groups is 1. The summed E-state index contributed by atoms with van der Waals surface area (Å²) in [5.74, 6) is 1.80. The quantitative estimate of drug-likeness (QED) is 0.841. The van der Waals surface area contributed by atoms with E-state index in [9.17, 15) is 13.2 Å². The maximum absolute atomic E-state index is 11.8. The maximum Gasteiger partial charge on any atom is 0.315 e. The Morgan fingerprint density at radius 3 is 2.70 bits per heavy atom. The first-order chi connectivity index (χ1) is 11.0. The van der Waals surface area contributed by atoms with Gasteiger partial charge in [0.15, 0.2) is 21.3 Å². The van der Waals surface area contributed by atoms with Crippen molar-refractivity contribution in [1.82, 2.24) is 10.6 Å². The Labute approximate surface area is 135 Å². The third-order valence-electron chi connectivity index (χ3n) is 3.94. The van der Waals surface area contributed by atoms with Crippen LogP contribution >= 0.6 is 0 Å². The minimum Gasteiger partial charge on any atom is -0.486 e. The van der Waals surface area contributed by atoms with Crippen LogP contribution < -0.4 is 20.1 Å². The van der Waals surface area contributed by atoms with Crippen molar-refractivity contribution < 1.29 is 22.7 Å². The van der Waals surface area contributed by atoms with E-state index in [2.05, 4.69) is 10.6 Å². The van der Waals surface area contributed by atoms with Gasteiger partial charge in [-0.05, 0) is 30.0 Å². The normalized spacial score (nSPS) is 21.7. The largest absolute Gasteiger partial charge is 0.486 e. The zero-order valence-electron chi connectivity index (χ0n) is 12.7. The fraction of sp³-hybridized carbons (Fsp3) is 0.533. The average molecular weight is 340 g/mol. The van der Waals surface area contributed by atoms with Crippen LogP contribution in [-0.2, 0) is 16.4 Å². The molecular weight excluding hydrogens is 320 g/mol. The molecule has 0 spiro atoms. The molecule has 0 radical (unpaired) electrons. The van der Waals surface area contributed by atoms with E-state index in [-0.39, 0.29) is 23.5 Å². The van der Waals surface area contributed by atoms with Gasteiger partial charge in [0.25, 0.3) is 0 Å². The van der Waals surface area contributed by atoms with Gasteiger partial charge in [-0.15, -0.1) is 0 Å². The van der Waals surface area contributed by atoms with E-state index in [4.69, 9.17) is 9.47 Å². The van der Waals surface area contributed by atoms with Gasteiger partial charge in [-0.25, -0.2) is 13.2 Å². The van der Waals surface area contributed by atoms with E-state index in [0.717, 1.165) is 5.56 Å². The standard InChI is InChI=1S/C15H20N2O5S/c18-15(17-9-12-3-6-23(19,20)10-12)16-8-11-1-2-13-14(7-11)22-5-4-21-13/h1-2,7,12H,3-6,8-10H2,(H2,16,17,18)/t12-/m0/s1. The highest BCUT2D eigenvalue weighted by atomic mass is 32.2. The summed E-state index contributed by atoms with van der Waals surface area (Å²) in [7, 11) is -2.90. The summed E-state index contributed by atoms with van der Waals surface area (Å²) in [6, 6.07) is 5.24. The third kappa shape index (κ3) is 4.28. The van der Waals surface area contributed by atoms with Crippen molar-refractivity contribution >= 4 is 15.9 Å². The van der Waals surface area contributed by atoms with Crippen LogP contribution in [0.25, 0.3) is 0 Å². The van der Waals surface area contributed by atoms with E-state index in [0.29, 0.717) is 44.2 Å². The summed E-state index contributed by atoms with van der Waals surface area (Å²) in [6.45, 7) is 1.82. The van der Waals surface area contributed by atoms with Crippen molar-refractivity contribution in [3.05, 3.63) is 23.8 Å². The van der Waals surface area contributed by atoms with E-state index in [1.807, 2.05) is 18.2 Å². The molecule has 1 atom stereocenters. The minimum atomic E-state index is -2.90. The fourth-order valence-corrected chi connectivity index (χ4v) is 4.57. The summed E-state index contributed by atoms with van der Waals surface area (Å²) >= 11 is 0. The minimum absolute atomic E-state index is 0.0139. The van der Waals surface area contributed by atoms with E-state index in [1.165, 1.54) is 0 Å². The summed E-state index contributed by atoms with van der Waals surface area (Å²) in [5, 5.41) is 5.48. The van der Waals surface area contributed by atoms with Gasteiger partial charge in [-0.1, -0.05) is 6.07 Å². The molecule has 0 unspecified atom stereocenters. The number of hydrogen-bond donors (Lipinski definition) is 2. The lowest BCUT2D eigenvalue weighted by Crippen LogP contribution is -2.38. The molecule has 2 N–H and O–H groups in total. The highest BCUT2D eigenvalue weighted by Gasteiger charge is 2.27. The van der Waals surface area contributed by atoms with E-state index in [1.54, 1.807) is 0 Å². The molecule has 0 aromatic heterocycles. The Kier molecular flexibility index (Phi) is 4.61. The van der Waals surface area contributed by atoms with Crippen molar-refractivity contribution in [2.75, 3.05) is 31.3 Å². The molecule has 2 aliphatic heterocycles. The van der Waals surface area contributed by atoms with E-state index < -0.39 is 9.84 Å². The number of sulfone groups is 1. The number of amides is 2. The molecule has 1 fully saturated rings. The monoisotopic (exact) mass is 340 g/mol. The summed E-state index contributed by atoms with van der Waals surface area (Å²) in [6.07, 6.45) is 0.616. The van der Waals surface area contributed by atoms with Crippen molar-refractivity contribution in [3.63, 3.8) is 0 Å². The van der Waals surface area contributed by atoms with Crippen LogP contribution in [0.2, 0.25) is 0 Å². The lowest BCUT2D eigenvalue weighted by atomic mass is 10.1. The summed E-state index contributed by atoms with van der Waals surface area (Å²) < 4.78 is 33.7. The molecule has 23 heavy (non-hydrogen) atoms. The number of nitrogens with one attached hydrogen (secondary N) is 2. The first-order valence-corrected chi connectivity index (χ1v) is 9.45. The van der Waals surface area contributed by atoms with Crippen molar-refractivity contribution in [3.8, 4) is 11.5 Å². The molecule has 0 saturated carbocycles. The summed E-state index contributed by atoms with van der Waals surface area (Å²) in [5.41, 5.74) is 0.910. The number of benzene rings is 1. The van der Waals surface area contributed by atoms with Crippen LogP contribution in [0.1, 0.15) is 12.0 Å². The van der Waals surface area contributed by atoms with Crippen LogP contribution in [0.15, 0.2) is 18.2 Å². The lowest BCUT2D eigenvalue weighted by molar-refractivity contribution is 0.171. The molecule has 1 aromatic carbocycles. The van der Waals surface area contributed by atoms with Crippen molar-refractivity contribution in [2.24, 2.45) is 5.92 Å². The van der Waals surface area contributed by atoms with Crippen LogP contribution in [-0.4, -0.2) is 45.7 Å². The number of carbonyl (C=O) groups is 1. The fourth-order valence-electron chi connectivity index (χ4n) is 2.71. The second-order valence-corrected chi connectivity index (χ2v) is 8.04. The van der Waals surface area contributed by atoms with Crippen molar-refractivity contribution in [1.29, 1.82) is 0 Å². The molecule has 7 nitrogen and oxygen atoms in total. The van der Waals surface area contributed by atoms with Gasteiger partial charge in [0.05, 0.1) is 11.5 Å². The van der Waals surface area contributed by atoms with Gasteiger partial charge in [0.2, 0.25) is 0 Å². The molecule has 2 amide bonds. The summed E-state index contributed by atoms with van der Waals surface area (Å²) in [4.78, 5) is 11.8. The zero-order chi connectivity index (χ0) is 16.3. The van der Waals surface area contributed by atoms with Gasteiger partial charge >= 0.3 is 6.03 Å². The van der Waals surface area contributed by atoms with Gasteiger partial charge < -0.3 is 20.1 Å². The molecule has 0 bridgehead atoms. The predicted molar refractivity (Wildman–Crippen MR) is 84.4 cm³/mol. The molecule has 2 heterocycles. The van der Waals surface area contributed by atoms with Gasteiger partial charge in [0.1, 0.15) is 13.2 Å². The Bertz CT molecular complexity index is 689. The second-order valence-electron chi connectivity index (χ2n) is 5.81. The number of fused-ring (bicyclic) bond motifs is 1. The third-order valence-corrected chi connectivity index (χ3v) is 5.77. The highest BCUT2D eigenvalue weighted by Crippen LogP contribution is 2.30. The molecule has 3 rings (SSSR count). The molecule has 2 aliphatic rings. The molecule has 8 heteroatoms. The number of rotatable bonds is 4. The van der Waals surface area contributed by atoms with Crippen LogP contribution in [0.5, 0.6) is 11.5 Å². The van der Waals surface area contributed by atoms with Crippen LogP contribution in [0.4, 0.5) is 4.79 Å². The number of ether oxygens (including phenoxy) is 2. The number of carbonyl (C=O) groups excluding carboxylic acids is 1. The van der Waals surface area contributed by atoms with Crippen LogP contribution in [0, 0.1) is 5.92 Å². The first-order valence-electron chi connectivity index (χ1n) is 7.62.